The molecule has 20 heavy (non-hydrogen) atoms. The van der Waals surface area contributed by atoms with Gasteiger partial charge in [-0.3, -0.25) is 4.79 Å². The van der Waals surface area contributed by atoms with Crippen molar-refractivity contribution in [2.24, 2.45) is 0 Å². The largest absolute Gasteiger partial charge is 0.481 e. The number of carbonyl (C=O) groups is 2. The van der Waals surface area contributed by atoms with Gasteiger partial charge in [-0.2, -0.15) is 0 Å². The molecule has 0 aliphatic carbocycles. The van der Waals surface area contributed by atoms with Crippen LogP contribution in [0.5, 0.6) is 0 Å². The number of hydrogen-bond donors (Lipinski definition) is 3. The third-order valence-corrected chi connectivity index (χ3v) is 3.09. The number of carboxylic acid groups (broad SMARTS) is 1. The van der Waals surface area contributed by atoms with Gasteiger partial charge in [0, 0.05) is 12.6 Å². The average Bonchev–Trinajstić information content (AvgIpc) is 2.37. The molecule has 1 rings (SSSR count). The van der Waals surface area contributed by atoms with Gasteiger partial charge in [-0.05, 0) is 24.5 Å². The van der Waals surface area contributed by atoms with Gasteiger partial charge in [-0.25, -0.2) is 4.79 Å². The van der Waals surface area contributed by atoms with Crippen LogP contribution in [0.25, 0.3) is 0 Å². The van der Waals surface area contributed by atoms with Crippen molar-refractivity contribution < 1.29 is 14.7 Å². The van der Waals surface area contributed by atoms with Gasteiger partial charge in [0.15, 0.2) is 0 Å². The lowest BCUT2D eigenvalue weighted by Gasteiger charge is -2.17. The molecule has 0 bridgehead atoms. The van der Waals surface area contributed by atoms with E-state index in [1.807, 2.05) is 38.1 Å². The lowest BCUT2D eigenvalue weighted by molar-refractivity contribution is -0.137. The van der Waals surface area contributed by atoms with Crippen LogP contribution < -0.4 is 10.6 Å². The minimum absolute atomic E-state index is 0.0500. The molecule has 3 N–H and O–H groups in total. The number of urea groups is 1. The van der Waals surface area contributed by atoms with Crippen molar-refractivity contribution in [3.63, 3.8) is 0 Å². The summed E-state index contributed by atoms with van der Waals surface area (Å²) in [6.07, 6.45) is 1.44. The maximum Gasteiger partial charge on any atom is 0.315 e. The van der Waals surface area contributed by atoms with Gasteiger partial charge in [0.2, 0.25) is 0 Å². The number of amides is 2. The number of aryl methyl sites for hydroxylation is 1. The number of carboxylic acids is 1. The van der Waals surface area contributed by atoms with Crippen LogP contribution in [-0.4, -0.2) is 23.1 Å². The van der Waals surface area contributed by atoms with E-state index in [-0.39, 0.29) is 18.5 Å². The van der Waals surface area contributed by atoms with Crippen LogP contribution in [0.1, 0.15) is 37.3 Å². The van der Waals surface area contributed by atoms with E-state index >= 15 is 0 Å². The van der Waals surface area contributed by atoms with Gasteiger partial charge in [0.25, 0.3) is 0 Å². The van der Waals surface area contributed by atoms with E-state index in [9.17, 15) is 9.59 Å². The molecule has 0 aromatic heterocycles. The fourth-order valence-corrected chi connectivity index (χ4v) is 2.00. The number of benzene rings is 1. The van der Waals surface area contributed by atoms with Crippen LogP contribution in [-0.2, 0) is 11.3 Å². The lowest BCUT2D eigenvalue weighted by atomic mass is 10.1. The Hall–Kier alpha value is -2.04. The van der Waals surface area contributed by atoms with E-state index in [1.54, 1.807) is 0 Å². The van der Waals surface area contributed by atoms with E-state index in [1.165, 1.54) is 0 Å². The first kappa shape index (κ1) is 16.0. The Labute approximate surface area is 119 Å². The number of carbonyl (C=O) groups excluding carboxylic acids is 1. The molecule has 110 valence electrons. The average molecular weight is 278 g/mol. The number of aliphatic carboxylic acids is 1. The molecular formula is C15H22N2O3. The summed E-state index contributed by atoms with van der Waals surface area (Å²) >= 11 is 0. The van der Waals surface area contributed by atoms with E-state index in [0.717, 1.165) is 17.5 Å². The van der Waals surface area contributed by atoms with Gasteiger partial charge in [-0.15, -0.1) is 0 Å². The minimum Gasteiger partial charge on any atom is -0.481 e. The minimum atomic E-state index is -0.900. The number of nitrogens with one attached hydrogen (secondary N) is 2. The third kappa shape index (κ3) is 5.73. The Morgan fingerprint density at radius 1 is 1.30 bits per heavy atom. The maximum absolute atomic E-state index is 11.8. The molecule has 0 aliphatic rings. The fourth-order valence-electron chi connectivity index (χ4n) is 2.00. The molecule has 1 atom stereocenters. The highest BCUT2D eigenvalue weighted by molar-refractivity contribution is 5.75. The molecule has 1 aromatic carbocycles. The molecule has 0 fully saturated rings. The molecule has 1 aromatic rings. The molecule has 0 heterocycles. The summed E-state index contributed by atoms with van der Waals surface area (Å²) in [4.78, 5) is 22.5. The second kappa shape index (κ2) is 8.19. The van der Waals surface area contributed by atoms with E-state index < -0.39 is 5.97 Å². The Bertz CT molecular complexity index is 460. The predicted molar refractivity (Wildman–Crippen MR) is 77.5 cm³/mol. The van der Waals surface area contributed by atoms with Crippen molar-refractivity contribution in [3.8, 4) is 0 Å². The highest BCUT2D eigenvalue weighted by Gasteiger charge is 2.14. The van der Waals surface area contributed by atoms with Crippen molar-refractivity contribution in [1.29, 1.82) is 0 Å². The smallest absolute Gasteiger partial charge is 0.315 e. The normalized spacial score (nSPS) is 11.7. The van der Waals surface area contributed by atoms with Crippen molar-refractivity contribution in [3.05, 3.63) is 35.4 Å². The number of rotatable bonds is 7. The lowest BCUT2D eigenvalue weighted by Crippen LogP contribution is -2.42. The van der Waals surface area contributed by atoms with Crippen LogP contribution in [0, 0.1) is 6.92 Å². The third-order valence-electron chi connectivity index (χ3n) is 3.09. The van der Waals surface area contributed by atoms with Gasteiger partial charge < -0.3 is 15.7 Å². The molecule has 0 saturated carbocycles. The van der Waals surface area contributed by atoms with Crippen LogP contribution in [0.2, 0.25) is 0 Å². The summed E-state index contributed by atoms with van der Waals surface area (Å²) in [5, 5.41) is 14.3. The van der Waals surface area contributed by atoms with Crippen LogP contribution in [0.15, 0.2) is 24.3 Å². The number of hydrogen-bond acceptors (Lipinski definition) is 2. The summed E-state index contributed by atoms with van der Waals surface area (Å²) in [6.45, 7) is 4.38. The monoisotopic (exact) mass is 278 g/mol. The second-order valence-electron chi connectivity index (χ2n) is 4.84. The maximum atomic E-state index is 11.8. The SMILES string of the molecule is CCCC(CC(=O)O)NC(=O)NCc1ccccc1C. The zero-order valence-electron chi connectivity index (χ0n) is 12.0. The molecule has 0 spiro atoms. The van der Waals surface area contributed by atoms with Gasteiger partial charge in [-0.1, -0.05) is 37.6 Å². The standard InChI is InChI=1S/C15H22N2O3/c1-3-6-13(9-14(18)19)17-15(20)16-10-12-8-5-4-7-11(12)2/h4-5,7-8,13H,3,6,9-10H2,1-2H3,(H,18,19)(H2,16,17,20). The molecular weight excluding hydrogens is 256 g/mol. The van der Waals surface area contributed by atoms with Crippen LogP contribution in [0.4, 0.5) is 4.79 Å². The zero-order valence-corrected chi connectivity index (χ0v) is 12.0. The van der Waals surface area contributed by atoms with Crippen molar-refractivity contribution in [2.45, 2.75) is 45.7 Å². The Balaban J connectivity index is 2.45. The molecule has 0 radical (unpaired) electrons. The summed E-state index contributed by atoms with van der Waals surface area (Å²) in [5.41, 5.74) is 2.16. The highest BCUT2D eigenvalue weighted by Crippen LogP contribution is 2.06. The first-order chi connectivity index (χ1) is 9.52. The summed E-state index contributed by atoms with van der Waals surface area (Å²) in [6, 6.07) is 7.16. The Kier molecular flexibility index (Phi) is 6.56. The Morgan fingerprint density at radius 3 is 2.60 bits per heavy atom. The van der Waals surface area contributed by atoms with Crippen LogP contribution >= 0.6 is 0 Å². The second-order valence-corrected chi connectivity index (χ2v) is 4.84. The summed E-state index contributed by atoms with van der Waals surface area (Å²) in [7, 11) is 0. The topological polar surface area (TPSA) is 78.4 Å². The molecule has 0 aliphatic heterocycles. The summed E-state index contributed by atoms with van der Waals surface area (Å²) in [5.74, 6) is -0.900. The van der Waals surface area contributed by atoms with Crippen LogP contribution in [0.3, 0.4) is 0 Å². The zero-order chi connectivity index (χ0) is 15.0. The molecule has 1 unspecified atom stereocenters. The van der Waals surface area contributed by atoms with Crippen molar-refractivity contribution >= 4 is 12.0 Å². The Morgan fingerprint density at radius 2 is 2.00 bits per heavy atom. The quantitative estimate of drug-likeness (QED) is 0.716. The molecule has 2 amide bonds. The molecule has 5 nitrogen and oxygen atoms in total. The fraction of sp³-hybridized carbons (Fsp3) is 0.467. The van der Waals surface area contributed by atoms with E-state index in [0.29, 0.717) is 13.0 Å². The predicted octanol–water partition coefficient (Wildman–Crippen LogP) is 2.44. The van der Waals surface area contributed by atoms with E-state index in [2.05, 4.69) is 10.6 Å². The van der Waals surface area contributed by atoms with E-state index in [4.69, 9.17) is 5.11 Å². The first-order valence-corrected chi connectivity index (χ1v) is 6.83. The summed E-state index contributed by atoms with van der Waals surface area (Å²) < 4.78 is 0. The van der Waals surface area contributed by atoms with Crippen molar-refractivity contribution in [1.82, 2.24) is 10.6 Å². The van der Waals surface area contributed by atoms with Gasteiger partial charge >= 0.3 is 12.0 Å². The molecule has 0 saturated heterocycles. The first-order valence-electron chi connectivity index (χ1n) is 6.83. The van der Waals surface area contributed by atoms with Crippen molar-refractivity contribution in [2.75, 3.05) is 0 Å². The van der Waals surface area contributed by atoms with Gasteiger partial charge in [0.05, 0.1) is 6.42 Å². The molecule has 5 heteroatoms. The van der Waals surface area contributed by atoms with Gasteiger partial charge in [0.1, 0.15) is 0 Å². The highest BCUT2D eigenvalue weighted by atomic mass is 16.4.